The van der Waals surface area contributed by atoms with Crippen molar-refractivity contribution in [2.75, 3.05) is 32.6 Å². The van der Waals surface area contributed by atoms with E-state index in [0.29, 0.717) is 61.2 Å². The third kappa shape index (κ3) is 6.37. The largest absolute Gasteiger partial charge is 0.493 e. The highest BCUT2D eigenvalue weighted by atomic mass is 16.5. The Bertz CT molecular complexity index is 1400. The molecule has 1 N–H and O–H groups in total. The van der Waals surface area contributed by atoms with Crippen molar-refractivity contribution in [3.8, 4) is 11.5 Å². The molecule has 0 saturated carbocycles. The van der Waals surface area contributed by atoms with Gasteiger partial charge in [-0.15, -0.1) is 0 Å². The molecule has 5 rings (SSSR count). The van der Waals surface area contributed by atoms with E-state index >= 15 is 0 Å². The van der Waals surface area contributed by atoms with Crippen LogP contribution in [0.1, 0.15) is 58.6 Å². The number of amides is 3. The number of nitrogens with one attached hydrogen (secondary N) is 1. The van der Waals surface area contributed by atoms with Crippen molar-refractivity contribution in [2.45, 2.75) is 51.2 Å². The highest BCUT2D eigenvalue weighted by molar-refractivity contribution is 6.05. The Morgan fingerprint density at radius 2 is 1.66 bits per heavy atom. The lowest BCUT2D eigenvalue weighted by atomic mass is 9.89. The normalized spacial score (nSPS) is 17.4. The van der Waals surface area contributed by atoms with E-state index in [9.17, 15) is 14.4 Å². The molecule has 2 fully saturated rings. The van der Waals surface area contributed by atoms with Crippen molar-refractivity contribution in [3.05, 3.63) is 89.0 Å². The Balaban J connectivity index is 1.19. The fourth-order valence-electron chi connectivity index (χ4n) is 5.69. The van der Waals surface area contributed by atoms with E-state index in [1.807, 2.05) is 60.4 Å². The number of methoxy groups -OCH3 is 1. The Kier molecular flexibility index (Phi) is 8.57. The minimum absolute atomic E-state index is 0.0457. The monoisotopic (exact) mass is 555 g/mol. The highest BCUT2D eigenvalue weighted by Crippen LogP contribution is 2.33. The van der Waals surface area contributed by atoms with Crippen LogP contribution in [0.2, 0.25) is 0 Å². The number of anilines is 1. The third-order valence-corrected chi connectivity index (χ3v) is 8.22. The van der Waals surface area contributed by atoms with Crippen LogP contribution in [0.4, 0.5) is 5.69 Å². The maximum absolute atomic E-state index is 13.2. The van der Waals surface area contributed by atoms with E-state index in [1.54, 1.807) is 25.1 Å². The second-order valence-corrected chi connectivity index (χ2v) is 10.8. The second kappa shape index (κ2) is 12.5. The zero-order valence-corrected chi connectivity index (χ0v) is 23.9. The minimum atomic E-state index is -0.317. The van der Waals surface area contributed by atoms with Gasteiger partial charge in [-0.25, -0.2) is 0 Å². The van der Waals surface area contributed by atoms with Crippen LogP contribution in [-0.4, -0.2) is 60.8 Å². The standard InChI is InChI=1S/C33H37N3O5/c1-22-19-29(40-3)30(41-21-23-7-5-4-6-8-23)20-27(22)32(38)34-26-11-9-24(10-12-26)25-15-17-36(18-16-25)33(39)28-13-14-31(37)35(28)2/h4-12,19-20,25,28H,13-18,21H2,1-3H3,(H,34,38)/t28-/m0/s1. The van der Waals surface area contributed by atoms with Gasteiger partial charge >= 0.3 is 0 Å². The summed E-state index contributed by atoms with van der Waals surface area (Å²) in [4.78, 5) is 41.5. The summed E-state index contributed by atoms with van der Waals surface area (Å²) in [6.45, 7) is 3.62. The lowest BCUT2D eigenvalue weighted by molar-refractivity contribution is -0.141. The van der Waals surface area contributed by atoms with E-state index in [1.165, 1.54) is 5.56 Å². The summed E-state index contributed by atoms with van der Waals surface area (Å²) in [6.07, 6.45) is 2.81. The Labute approximate surface area is 241 Å². The number of likely N-dealkylation sites (N-methyl/N-ethyl adjacent to an activating group) is 1. The molecule has 3 amide bonds. The van der Waals surface area contributed by atoms with E-state index in [-0.39, 0.29) is 23.8 Å². The van der Waals surface area contributed by atoms with Gasteiger partial charge in [0.25, 0.3) is 5.91 Å². The number of carbonyl (C=O) groups excluding carboxylic acids is 3. The van der Waals surface area contributed by atoms with Gasteiger partial charge in [0.1, 0.15) is 12.6 Å². The van der Waals surface area contributed by atoms with Gasteiger partial charge in [-0.2, -0.15) is 0 Å². The number of piperidine rings is 1. The lowest BCUT2D eigenvalue weighted by Crippen LogP contribution is -2.47. The first-order valence-electron chi connectivity index (χ1n) is 14.1. The topological polar surface area (TPSA) is 88.2 Å². The quantitative estimate of drug-likeness (QED) is 0.415. The molecular weight excluding hydrogens is 518 g/mol. The number of aryl methyl sites for hydroxylation is 1. The average molecular weight is 556 g/mol. The first kappa shape index (κ1) is 28.2. The van der Waals surface area contributed by atoms with Crippen LogP contribution >= 0.6 is 0 Å². The molecule has 0 bridgehead atoms. The Morgan fingerprint density at radius 1 is 0.951 bits per heavy atom. The highest BCUT2D eigenvalue weighted by Gasteiger charge is 2.37. The second-order valence-electron chi connectivity index (χ2n) is 10.8. The number of carbonyl (C=O) groups is 3. The van der Waals surface area contributed by atoms with Gasteiger partial charge in [0.2, 0.25) is 11.8 Å². The molecule has 2 aliphatic rings. The van der Waals surface area contributed by atoms with Crippen molar-refractivity contribution < 1.29 is 23.9 Å². The lowest BCUT2D eigenvalue weighted by Gasteiger charge is -2.35. The van der Waals surface area contributed by atoms with Crippen molar-refractivity contribution >= 4 is 23.4 Å². The summed E-state index contributed by atoms with van der Waals surface area (Å²) < 4.78 is 11.5. The van der Waals surface area contributed by atoms with Crippen LogP contribution in [0, 0.1) is 6.92 Å². The third-order valence-electron chi connectivity index (χ3n) is 8.22. The molecule has 0 aromatic heterocycles. The Hall–Kier alpha value is -4.33. The summed E-state index contributed by atoms with van der Waals surface area (Å²) in [5.74, 6) is 1.33. The number of benzene rings is 3. The summed E-state index contributed by atoms with van der Waals surface area (Å²) in [7, 11) is 3.31. The van der Waals surface area contributed by atoms with Gasteiger partial charge in [0.05, 0.1) is 7.11 Å². The summed E-state index contributed by atoms with van der Waals surface area (Å²) in [5, 5.41) is 3.01. The minimum Gasteiger partial charge on any atom is -0.493 e. The Morgan fingerprint density at radius 3 is 2.29 bits per heavy atom. The number of hydrogen-bond acceptors (Lipinski definition) is 5. The zero-order chi connectivity index (χ0) is 28.9. The number of hydrogen-bond donors (Lipinski definition) is 1. The number of nitrogens with zero attached hydrogens (tertiary/aromatic N) is 2. The first-order chi connectivity index (χ1) is 19.8. The predicted molar refractivity (Wildman–Crippen MR) is 157 cm³/mol. The van der Waals surface area contributed by atoms with Crippen LogP contribution in [0.25, 0.3) is 0 Å². The molecule has 1 atom stereocenters. The van der Waals surface area contributed by atoms with Crippen LogP contribution < -0.4 is 14.8 Å². The van der Waals surface area contributed by atoms with Crippen LogP contribution in [0.15, 0.2) is 66.7 Å². The SMILES string of the molecule is COc1cc(C)c(C(=O)Nc2ccc(C3CCN(C(=O)[C@@H]4CCC(=O)N4C)CC3)cc2)cc1OCc1ccccc1. The number of ether oxygens (including phenoxy) is 2. The van der Waals surface area contributed by atoms with E-state index < -0.39 is 0 Å². The van der Waals surface area contributed by atoms with Crippen molar-refractivity contribution in [1.82, 2.24) is 9.80 Å². The molecule has 2 heterocycles. The van der Waals surface area contributed by atoms with E-state index in [0.717, 1.165) is 24.0 Å². The van der Waals surface area contributed by atoms with Gasteiger partial charge in [0, 0.05) is 37.8 Å². The van der Waals surface area contributed by atoms with Gasteiger partial charge in [0.15, 0.2) is 11.5 Å². The molecule has 0 unspecified atom stereocenters. The molecule has 0 aliphatic carbocycles. The molecule has 3 aromatic carbocycles. The fraction of sp³-hybridized carbons (Fsp3) is 0.364. The maximum atomic E-state index is 13.2. The maximum Gasteiger partial charge on any atom is 0.256 e. The zero-order valence-electron chi connectivity index (χ0n) is 23.9. The average Bonchev–Trinajstić information content (AvgIpc) is 3.34. The van der Waals surface area contributed by atoms with Crippen molar-refractivity contribution in [2.24, 2.45) is 0 Å². The van der Waals surface area contributed by atoms with Gasteiger partial charge in [-0.3, -0.25) is 14.4 Å². The van der Waals surface area contributed by atoms with Gasteiger partial charge in [-0.05, 0) is 73.1 Å². The summed E-state index contributed by atoms with van der Waals surface area (Å²) in [6, 6.07) is 21.0. The van der Waals surface area contributed by atoms with Crippen molar-refractivity contribution in [1.29, 1.82) is 0 Å². The smallest absolute Gasteiger partial charge is 0.256 e. The molecule has 2 aliphatic heterocycles. The van der Waals surface area contributed by atoms with Gasteiger partial charge < -0.3 is 24.6 Å². The molecule has 8 heteroatoms. The molecule has 41 heavy (non-hydrogen) atoms. The first-order valence-corrected chi connectivity index (χ1v) is 14.1. The van der Waals surface area contributed by atoms with E-state index in [4.69, 9.17) is 9.47 Å². The summed E-state index contributed by atoms with van der Waals surface area (Å²) in [5.41, 5.74) is 4.24. The number of likely N-dealkylation sites (tertiary alicyclic amines) is 2. The molecule has 0 radical (unpaired) electrons. The molecule has 3 aromatic rings. The van der Waals surface area contributed by atoms with Crippen molar-refractivity contribution in [3.63, 3.8) is 0 Å². The van der Waals surface area contributed by atoms with E-state index in [2.05, 4.69) is 17.4 Å². The molecule has 8 nitrogen and oxygen atoms in total. The van der Waals surface area contributed by atoms with Gasteiger partial charge in [-0.1, -0.05) is 42.5 Å². The van der Waals surface area contributed by atoms with Crippen LogP contribution in [-0.2, 0) is 16.2 Å². The molecule has 214 valence electrons. The summed E-state index contributed by atoms with van der Waals surface area (Å²) >= 11 is 0. The predicted octanol–water partition coefficient (Wildman–Crippen LogP) is 5.16. The molecule has 2 saturated heterocycles. The fourth-order valence-corrected chi connectivity index (χ4v) is 5.69. The number of rotatable bonds is 8. The van der Waals surface area contributed by atoms with Crippen LogP contribution in [0.5, 0.6) is 11.5 Å². The molecular formula is C33H37N3O5. The molecule has 0 spiro atoms. The van der Waals surface area contributed by atoms with Crippen LogP contribution in [0.3, 0.4) is 0 Å².